The summed E-state index contributed by atoms with van der Waals surface area (Å²) in [6.45, 7) is 1.20. The van der Waals surface area contributed by atoms with Crippen molar-refractivity contribution >= 4 is 17.4 Å². The van der Waals surface area contributed by atoms with E-state index in [9.17, 15) is 23.1 Å². The van der Waals surface area contributed by atoms with Gasteiger partial charge in [0.05, 0.1) is 5.56 Å². The van der Waals surface area contributed by atoms with Gasteiger partial charge in [-0.25, -0.2) is 0 Å². The third-order valence-corrected chi connectivity index (χ3v) is 2.79. The number of benzene rings is 1. The number of alkyl halides is 4. The van der Waals surface area contributed by atoms with E-state index in [1.165, 1.54) is 6.92 Å². The highest BCUT2D eigenvalue weighted by Gasteiger charge is 2.30. The molecule has 2 atom stereocenters. The Morgan fingerprint density at radius 2 is 1.76 bits per heavy atom. The van der Waals surface area contributed by atoms with Crippen molar-refractivity contribution in [1.82, 2.24) is 0 Å². The lowest BCUT2D eigenvalue weighted by Gasteiger charge is -2.15. The van der Waals surface area contributed by atoms with Crippen molar-refractivity contribution in [3.8, 4) is 0 Å². The van der Waals surface area contributed by atoms with Gasteiger partial charge < -0.3 is 5.11 Å². The molecule has 0 saturated carbocycles. The monoisotopic (exact) mass is 266 g/mol. The van der Waals surface area contributed by atoms with Crippen molar-refractivity contribution in [2.24, 2.45) is 0 Å². The molecular weight excluding hydrogens is 257 g/mol. The van der Waals surface area contributed by atoms with Crippen molar-refractivity contribution < 1.29 is 23.1 Å². The van der Waals surface area contributed by atoms with Gasteiger partial charge in [0.2, 0.25) is 0 Å². The number of aliphatic hydroxyl groups is 1. The molecule has 0 radical (unpaired) electrons. The van der Waals surface area contributed by atoms with Crippen LogP contribution in [-0.4, -0.2) is 16.3 Å². The van der Waals surface area contributed by atoms with Crippen molar-refractivity contribution in [3.63, 3.8) is 0 Å². The number of hydrogen-bond acceptors (Lipinski definition) is 2. The second kappa shape index (κ2) is 5.06. The van der Waals surface area contributed by atoms with Crippen molar-refractivity contribution in [2.45, 2.75) is 24.6 Å². The van der Waals surface area contributed by atoms with E-state index in [-0.39, 0.29) is 5.56 Å². The third kappa shape index (κ3) is 3.44. The fourth-order valence-corrected chi connectivity index (χ4v) is 1.41. The van der Waals surface area contributed by atoms with Crippen LogP contribution in [0.2, 0.25) is 0 Å². The molecule has 0 fully saturated rings. The zero-order valence-corrected chi connectivity index (χ0v) is 9.59. The molecule has 0 saturated heterocycles. The number of hydrogen-bond donors (Lipinski definition) is 1. The van der Waals surface area contributed by atoms with Crippen LogP contribution in [-0.2, 0) is 11.0 Å². The highest BCUT2D eigenvalue weighted by atomic mass is 35.5. The van der Waals surface area contributed by atoms with E-state index in [0.29, 0.717) is 0 Å². The first kappa shape index (κ1) is 14.0. The van der Waals surface area contributed by atoms with Crippen LogP contribution in [0.25, 0.3) is 0 Å². The van der Waals surface area contributed by atoms with Crippen LogP contribution in [0.15, 0.2) is 24.3 Å². The van der Waals surface area contributed by atoms with E-state index in [1.807, 2.05) is 0 Å². The first-order valence-corrected chi connectivity index (χ1v) is 5.17. The summed E-state index contributed by atoms with van der Waals surface area (Å²) in [4.78, 5) is 10.9. The van der Waals surface area contributed by atoms with E-state index in [0.717, 1.165) is 24.3 Å². The fraction of sp³-hybridized carbons (Fsp3) is 0.364. The van der Waals surface area contributed by atoms with Gasteiger partial charge in [-0.3, -0.25) is 4.79 Å². The summed E-state index contributed by atoms with van der Waals surface area (Å²) in [6.07, 6.45) is -5.74. The molecule has 0 unspecified atom stereocenters. The topological polar surface area (TPSA) is 37.3 Å². The molecule has 1 aromatic rings. The molecule has 1 rings (SSSR count). The Balaban J connectivity index is 2.92. The number of ketones is 1. The molecule has 0 spiro atoms. The summed E-state index contributed by atoms with van der Waals surface area (Å²) in [5.41, 5.74) is -0.643. The molecule has 0 aliphatic heterocycles. The Morgan fingerprint density at radius 1 is 1.29 bits per heavy atom. The Kier molecular flexibility index (Phi) is 4.16. The number of Topliss-reactive ketones (excluding diaryl/α,β-unsaturated/α-hetero) is 1. The Hall–Kier alpha value is -1.07. The molecule has 0 aliphatic carbocycles. The molecule has 1 N–H and O–H groups in total. The smallest absolute Gasteiger partial charge is 0.386 e. The average molecular weight is 267 g/mol. The van der Waals surface area contributed by atoms with Crippen molar-refractivity contribution in [2.75, 3.05) is 0 Å². The van der Waals surface area contributed by atoms with E-state index >= 15 is 0 Å². The number of rotatable bonds is 3. The van der Waals surface area contributed by atoms with E-state index in [2.05, 4.69) is 0 Å². The second-order valence-electron chi connectivity index (χ2n) is 3.58. The largest absolute Gasteiger partial charge is 0.416 e. The van der Waals surface area contributed by atoms with E-state index in [1.54, 1.807) is 0 Å². The maximum atomic E-state index is 12.3. The predicted octanol–water partition coefficient (Wildman–Crippen LogP) is 2.94. The molecule has 1 aromatic carbocycles. The summed E-state index contributed by atoms with van der Waals surface area (Å²) >= 11 is 5.61. The SMILES string of the molecule is CC(=O)[C@@H](Cl)[C@@H](O)c1ccc(C(F)(F)F)cc1. The second-order valence-corrected chi connectivity index (χ2v) is 4.05. The van der Waals surface area contributed by atoms with Crippen LogP contribution in [0.4, 0.5) is 13.2 Å². The average Bonchev–Trinajstić information content (AvgIpc) is 2.26. The number of halogens is 4. The summed E-state index contributed by atoms with van der Waals surface area (Å²) in [5, 5.41) is 8.46. The van der Waals surface area contributed by atoms with Crippen LogP contribution >= 0.6 is 11.6 Å². The molecule has 6 heteroatoms. The highest BCUT2D eigenvalue weighted by molar-refractivity contribution is 6.31. The van der Waals surface area contributed by atoms with E-state index < -0.39 is 29.0 Å². The summed E-state index contributed by atoms with van der Waals surface area (Å²) in [7, 11) is 0. The molecular formula is C11H10ClF3O2. The predicted molar refractivity (Wildman–Crippen MR) is 56.7 cm³/mol. The van der Waals surface area contributed by atoms with Gasteiger partial charge in [-0.1, -0.05) is 12.1 Å². The molecule has 0 amide bonds. The standard InChI is InChI=1S/C11H10ClF3O2/c1-6(16)9(12)10(17)7-2-4-8(5-3-7)11(13,14)15/h2-5,9-10,17H,1H3/t9-,10+/m1/s1. The van der Waals surface area contributed by atoms with Gasteiger partial charge in [0, 0.05) is 0 Å². The Morgan fingerprint density at radius 3 is 2.12 bits per heavy atom. The van der Waals surface area contributed by atoms with Crippen molar-refractivity contribution in [3.05, 3.63) is 35.4 Å². The first-order valence-electron chi connectivity index (χ1n) is 4.73. The van der Waals surface area contributed by atoms with Crippen molar-refractivity contribution in [1.29, 1.82) is 0 Å². The molecule has 0 aromatic heterocycles. The van der Waals surface area contributed by atoms with Crippen LogP contribution in [0.3, 0.4) is 0 Å². The highest BCUT2D eigenvalue weighted by Crippen LogP contribution is 2.30. The maximum absolute atomic E-state index is 12.3. The minimum atomic E-state index is -4.43. The molecule has 2 nitrogen and oxygen atoms in total. The normalized spacial score (nSPS) is 15.4. The molecule has 94 valence electrons. The Labute approximate surface area is 101 Å². The zero-order chi connectivity index (χ0) is 13.2. The number of carbonyl (C=O) groups excluding carboxylic acids is 1. The third-order valence-electron chi connectivity index (χ3n) is 2.25. The zero-order valence-electron chi connectivity index (χ0n) is 8.83. The van der Waals surface area contributed by atoms with Gasteiger partial charge in [-0.05, 0) is 24.6 Å². The van der Waals surface area contributed by atoms with Gasteiger partial charge in [0.25, 0.3) is 0 Å². The summed E-state index contributed by atoms with van der Waals surface area (Å²) < 4.78 is 36.8. The van der Waals surface area contributed by atoms with Crippen LogP contribution in [0.1, 0.15) is 24.2 Å². The maximum Gasteiger partial charge on any atom is 0.416 e. The lowest BCUT2D eigenvalue weighted by molar-refractivity contribution is -0.137. The lowest BCUT2D eigenvalue weighted by Crippen LogP contribution is -2.20. The van der Waals surface area contributed by atoms with Gasteiger partial charge in [0.1, 0.15) is 11.5 Å². The Bertz CT molecular complexity index is 400. The number of carbonyl (C=O) groups is 1. The minimum Gasteiger partial charge on any atom is -0.386 e. The van der Waals surface area contributed by atoms with Crippen LogP contribution in [0.5, 0.6) is 0 Å². The minimum absolute atomic E-state index is 0.174. The first-order chi connectivity index (χ1) is 7.73. The molecule has 0 aliphatic rings. The quantitative estimate of drug-likeness (QED) is 0.854. The summed E-state index contributed by atoms with van der Waals surface area (Å²) in [5.74, 6) is -0.445. The summed E-state index contributed by atoms with van der Waals surface area (Å²) in [6, 6.07) is 3.88. The van der Waals surface area contributed by atoms with Gasteiger partial charge in [0.15, 0.2) is 5.78 Å². The number of aliphatic hydroxyl groups excluding tert-OH is 1. The van der Waals surface area contributed by atoms with Crippen LogP contribution in [0, 0.1) is 0 Å². The van der Waals surface area contributed by atoms with Gasteiger partial charge >= 0.3 is 6.18 Å². The van der Waals surface area contributed by atoms with Gasteiger partial charge in [-0.2, -0.15) is 13.2 Å². The van der Waals surface area contributed by atoms with E-state index in [4.69, 9.17) is 11.6 Å². The molecule has 0 bridgehead atoms. The molecule has 17 heavy (non-hydrogen) atoms. The lowest BCUT2D eigenvalue weighted by atomic mass is 10.0. The fourth-order valence-electron chi connectivity index (χ4n) is 1.26. The molecule has 0 heterocycles. The van der Waals surface area contributed by atoms with Crippen LogP contribution < -0.4 is 0 Å². The van der Waals surface area contributed by atoms with Gasteiger partial charge in [-0.15, -0.1) is 11.6 Å².